The first-order chi connectivity index (χ1) is 9.49. The van der Waals surface area contributed by atoms with Crippen molar-refractivity contribution in [2.75, 3.05) is 13.1 Å². The Bertz CT molecular complexity index is 340. The van der Waals surface area contributed by atoms with Gasteiger partial charge < -0.3 is 10.6 Å². The van der Waals surface area contributed by atoms with Crippen molar-refractivity contribution in [1.82, 2.24) is 4.90 Å². The zero-order chi connectivity index (χ0) is 14.8. The van der Waals surface area contributed by atoms with E-state index >= 15 is 0 Å². The SMILES string of the molecule is CCC(C)(C)C1CCC(CN)C(N2CCCCC2=O)C1. The van der Waals surface area contributed by atoms with Crippen LogP contribution < -0.4 is 5.73 Å². The van der Waals surface area contributed by atoms with E-state index in [-0.39, 0.29) is 0 Å². The Kier molecular flexibility index (Phi) is 5.11. The molecular formula is C17H32N2O. The zero-order valence-electron chi connectivity index (χ0n) is 13.5. The van der Waals surface area contributed by atoms with Crippen molar-refractivity contribution in [3.8, 4) is 0 Å². The smallest absolute Gasteiger partial charge is 0.222 e. The Morgan fingerprint density at radius 1 is 1.30 bits per heavy atom. The summed E-state index contributed by atoms with van der Waals surface area (Å²) >= 11 is 0. The number of piperidine rings is 1. The molecule has 1 aliphatic heterocycles. The lowest BCUT2D eigenvalue weighted by molar-refractivity contribution is -0.139. The van der Waals surface area contributed by atoms with Gasteiger partial charge in [0, 0.05) is 19.0 Å². The molecule has 0 aromatic heterocycles. The van der Waals surface area contributed by atoms with Gasteiger partial charge in [0.15, 0.2) is 0 Å². The first kappa shape index (κ1) is 15.8. The highest BCUT2D eigenvalue weighted by atomic mass is 16.2. The maximum atomic E-state index is 12.3. The molecule has 0 bridgehead atoms. The van der Waals surface area contributed by atoms with Crippen LogP contribution in [0, 0.1) is 17.3 Å². The van der Waals surface area contributed by atoms with Crippen LogP contribution in [0.25, 0.3) is 0 Å². The molecule has 1 saturated heterocycles. The molecule has 0 aromatic carbocycles. The summed E-state index contributed by atoms with van der Waals surface area (Å²) in [6.45, 7) is 8.74. The van der Waals surface area contributed by atoms with Crippen molar-refractivity contribution in [3.63, 3.8) is 0 Å². The molecule has 0 spiro atoms. The number of hydrogen-bond acceptors (Lipinski definition) is 2. The van der Waals surface area contributed by atoms with Gasteiger partial charge in [-0.05, 0) is 55.9 Å². The summed E-state index contributed by atoms with van der Waals surface area (Å²) < 4.78 is 0. The molecule has 3 nitrogen and oxygen atoms in total. The van der Waals surface area contributed by atoms with Crippen LogP contribution in [0.3, 0.4) is 0 Å². The topological polar surface area (TPSA) is 46.3 Å². The standard InChI is InChI=1S/C17H32N2O/c1-4-17(2,3)14-9-8-13(12-18)15(11-14)19-10-6-5-7-16(19)20/h13-15H,4-12,18H2,1-3H3. The predicted octanol–water partition coefficient (Wildman–Crippen LogP) is 3.18. The van der Waals surface area contributed by atoms with Gasteiger partial charge in [-0.25, -0.2) is 0 Å². The number of nitrogens with two attached hydrogens (primary N) is 1. The first-order valence-electron chi connectivity index (χ1n) is 8.49. The molecule has 2 aliphatic rings. The molecular weight excluding hydrogens is 248 g/mol. The fraction of sp³-hybridized carbons (Fsp3) is 0.941. The summed E-state index contributed by atoms with van der Waals surface area (Å²) in [6, 6.07) is 0.400. The highest BCUT2D eigenvalue weighted by Crippen LogP contribution is 2.43. The Morgan fingerprint density at radius 3 is 2.65 bits per heavy atom. The van der Waals surface area contributed by atoms with E-state index in [2.05, 4.69) is 25.7 Å². The number of carbonyl (C=O) groups excluding carboxylic acids is 1. The lowest BCUT2D eigenvalue weighted by Gasteiger charge is -2.47. The fourth-order valence-corrected chi connectivity index (χ4v) is 4.04. The van der Waals surface area contributed by atoms with Gasteiger partial charge in [-0.2, -0.15) is 0 Å². The van der Waals surface area contributed by atoms with Crippen LogP contribution in [0.5, 0.6) is 0 Å². The van der Waals surface area contributed by atoms with Gasteiger partial charge in [0.2, 0.25) is 5.91 Å². The summed E-state index contributed by atoms with van der Waals surface area (Å²) in [4.78, 5) is 14.4. The number of likely N-dealkylation sites (tertiary alicyclic amines) is 1. The van der Waals surface area contributed by atoms with E-state index in [1.807, 2.05) is 0 Å². The van der Waals surface area contributed by atoms with Crippen molar-refractivity contribution in [3.05, 3.63) is 0 Å². The minimum atomic E-state index is 0.370. The van der Waals surface area contributed by atoms with Crippen LogP contribution in [-0.2, 0) is 4.79 Å². The predicted molar refractivity (Wildman–Crippen MR) is 83.3 cm³/mol. The fourth-order valence-electron chi connectivity index (χ4n) is 4.04. The molecule has 2 fully saturated rings. The van der Waals surface area contributed by atoms with E-state index < -0.39 is 0 Å². The third-order valence-electron chi connectivity index (χ3n) is 6.04. The van der Waals surface area contributed by atoms with Gasteiger partial charge in [0.1, 0.15) is 0 Å². The Labute approximate surface area is 124 Å². The molecule has 0 aromatic rings. The number of nitrogens with zero attached hydrogens (tertiary/aromatic N) is 1. The third-order valence-corrected chi connectivity index (χ3v) is 6.04. The van der Waals surface area contributed by atoms with Gasteiger partial charge >= 0.3 is 0 Å². The lowest BCUT2D eigenvalue weighted by atomic mass is 9.65. The Balaban J connectivity index is 2.12. The van der Waals surface area contributed by atoms with Crippen LogP contribution in [0.2, 0.25) is 0 Å². The molecule has 3 heteroatoms. The van der Waals surface area contributed by atoms with Crippen LogP contribution in [-0.4, -0.2) is 29.9 Å². The van der Waals surface area contributed by atoms with Crippen molar-refractivity contribution >= 4 is 5.91 Å². The average Bonchev–Trinajstić information content (AvgIpc) is 2.47. The third kappa shape index (κ3) is 3.19. The van der Waals surface area contributed by atoms with E-state index in [0.717, 1.165) is 38.3 Å². The minimum Gasteiger partial charge on any atom is -0.339 e. The van der Waals surface area contributed by atoms with Gasteiger partial charge in [-0.3, -0.25) is 4.79 Å². The van der Waals surface area contributed by atoms with E-state index in [0.29, 0.717) is 23.3 Å². The molecule has 1 aliphatic carbocycles. The molecule has 1 saturated carbocycles. The molecule has 20 heavy (non-hydrogen) atoms. The van der Waals surface area contributed by atoms with Crippen LogP contribution >= 0.6 is 0 Å². The van der Waals surface area contributed by atoms with Gasteiger partial charge in [-0.15, -0.1) is 0 Å². The highest BCUT2D eigenvalue weighted by molar-refractivity contribution is 5.77. The number of carbonyl (C=O) groups is 1. The van der Waals surface area contributed by atoms with E-state index in [9.17, 15) is 4.79 Å². The molecule has 3 atom stereocenters. The maximum absolute atomic E-state index is 12.3. The molecule has 1 amide bonds. The average molecular weight is 280 g/mol. The second-order valence-corrected chi connectivity index (χ2v) is 7.46. The van der Waals surface area contributed by atoms with Gasteiger partial charge in [-0.1, -0.05) is 27.2 Å². The molecule has 116 valence electrons. The van der Waals surface area contributed by atoms with Crippen molar-refractivity contribution in [1.29, 1.82) is 0 Å². The van der Waals surface area contributed by atoms with Crippen molar-refractivity contribution in [2.45, 2.75) is 71.8 Å². The monoisotopic (exact) mass is 280 g/mol. The van der Waals surface area contributed by atoms with Crippen LogP contribution in [0.4, 0.5) is 0 Å². The summed E-state index contributed by atoms with van der Waals surface area (Å²) in [5.74, 6) is 1.62. The lowest BCUT2D eigenvalue weighted by Crippen LogP contribution is -2.52. The van der Waals surface area contributed by atoms with Gasteiger partial charge in [0.25, 0.3) is 0 Å². The molecule has 2 rings (SSSR count). The largest absolute Gasteiger partial charge is 0.339 e. The molecule has 0 radical (unpaired) electrons. The molecule has 3 unspecified atom stereocenters. The molecule has 1 heterocycles. The Morgan fingerprint density at radius 2 is 2.05 bits per heavy atom. The summed E-state index contributed by atoms with van der Waals surface area (Å²) in [5, 5.41) is 0. The van der Waals surface area contributed by atoms with Crippen LogP contribution in [0.1, 0.15) is 65.7 Å². The second-order valence-electron chi connectivity index (χ2n) is 7.46. The van der Waals surface area contributed by atoms with Crippen molar-refractivity contribution in [2.24, 2.45) is 23.0 Å². The second kappa shape index (κ2) is 6.46. The quantitative estimate of drug-likeness (QED) is 0.859. The van der Waals surface area contributed by atoms with E-state index in [1.165, 1.54) is 25.7 Å². The summed E-state index contributed by atoms with van der Waals surface area (Å²) in [5.41, 5.74) is 6.38. The zero-order valence-corrected chi connectivity index (χ0v) is 13.5. The Hall–Kier alpha value is -0.570. The highest BCUT2D eigenvalue weighted by Gasteiger charge is 2.40. The van der Waals surface area contributed by atoms with E-state index in [1.54, 1.807) is 0 Å². The van der Waals surface area contributed by atoms with Crippen LogP contribution in [0.15, 0.2) is 0 Å². The maximum Gasteiger partial charge on any atom is 0.222 e. The molecule has 2 N–H and O–H groups in total. The van der Waals surface area contributed by atoms with E-state index in [4.69, 9.17) is 5.73 Å². The number of amides is 1. The number of hydrogen-bond donors (Lipinski definition) is 1. The number of rotatable bonds is 4. The minimum absolute atomic E-state index is 0.370. The first-order valence-corrected chi connectivity index (χ1v) is 8.49. The summed E-state index contributed by atoms with van der Waals surface area (Å²) in [6.07, 6.45) is 7.83. The van der Waals surface area contributed by atoms with Crippen molar-refractivity contribution < 1.29 is 4.79 Å². The van der Waals surface area contributed by atoms with Gasteiger partial charge in [0.05, 0.1) is 0 Å². The summed E-state index contributed by atoms with van der Waals surface area (Å²) in [7, 11) is 0. The normalized spacial score (nSPS) is 32.5.